The molecular weight excluding hydrogens is 716 g/mol. The zero-order chi connectivity index (χ0) is 37.5. The van der Waals surface area contributed by atoms with Gasteiger partial charge in [-0.1, -0.05) is 29.8 Å². The molecule has 0 aliphatic heterocycles. The SMILES string of the molecule is CN(CCCCNC(=O)NC(CO)[C@@H](O)[C@H](O)[C@H](O)CO)S(=O)(=O)c1ccc(Cl)c(COC2(c3cnccc3-c3ccccc3OC3CC3)CC2)c1. The molecular formula is C36H47ClN4O10S. The number of nitrogens with one attached hydrogen (secondary N) is 2. The van der Waals surface area contributed by atoms with Gasteiger partial charge < -0.3 is 45.6 Å². The first kappa shape index (κ1) is 39.8. The monoisotopic (exact) mass is 762 g/mol. The molecule has 1 unspecified atom stereocenters. The highest BCUT2D eigenvalue weighted by Gasteiger charge is 2.48. The number of aromatic nitrogens is 1. The second-order valence-electron chi connectivity index (χ2n) is 13.2. The van der Waals surface area contributed by atoms with Gasteiger partial charge in [-0.3, -0.25) is 4.98 Å². The molecule has 5 rings (SSSR count). The molecule has 16 heteroatoms. The third-order valence-electron chi connectivity index (χ3n) is 9.28. The number of unbranched alkanes of at least 4 members (excludes halogenated alkanes) is 1. The number of sulfonamides is 1. The summed E-state index contributed by atoms with van der Waals surface area (Å²) in [6.07, 6.45) is 3.07. The number of nitrogens with zero attached hydrogens (tertiary/aromatic N) is 2. The Balaban J connectivity index is 1.15. The van der Waals surface area contributed by atoms with Crippen molar-refractivity contribution in [1.29, 1.82) is 0 Å². The minimum atomic E-state index is -3.89. The van der Waals surface area contributed by atoms with Crippen LogP contribution in [0.5, 0.6) is 5.75 Å². The van der Waals surface area contributed by atoms with Crippen LogP contribution >= 0.6 is 11.6 Å². The topological polar surface area (TPSA) is 211 Å². The number of aliphatic hydroxyl groups excluding tert-OH is 5. The molecule has 2 aromatic carbocycles. The first-order valence-electron chi connectivity index (χ1n) is 17.3. The third kappa shape index (κ3) is 9.78. The number of hydrogen-bond donors (Lipinski definition) is 7. The molecule has 1 aromatic heterocycles. The highest BCUT2D eigenvalue weighted by atomic mass is 35.5. The van der Waals surface area contributed by atoms with E-state index in [1.165, 1.54) is 23.5 Å². The Labute approximate surface area is 308 Å². The van der Waals surface area contributed by atoms with Crippen molar-refractivity contribution in [2.75, 3.05) is 33.4 Å². The number of ether oxygens (including phenoxy) is 2. The van der Waals surface area contributed by atoms with Crippen molar-refractivity contribution in [1.82, 2.24) is 19.9 Å². The van der Waals surface area contributed by atoms with Gasteiger partial charge in [0.1, 0.15) is 24.1 Å². The summed E-state index contributed by atoms with van der Waals surface area (Å²) in [6.45, 7) is -1.16. The second kappa shape index (κ2) is 17.6. The van der Waals surface area contributed by atoms with Gasteiger partial charge in [0, 0.05) is 48.7 Å². The van der Waals surface area contributed by atoms with Crippen LogP contribution in [0.2, 0.25) is 5.02 Å². The summed E-state index contributed by atoms with van der Waals surface area (Å²) < 4.78 is 40.9. The minimum absolute atomic E-state index is 0.0654. The van der Waals surface area contributed by atoms with Gasteiger partial charge in [-0.25, -0.2) is 17.5 Å². The second-order valence-corrected chi connectivity index (χ2v) is 15.7. The van der Waals surface area contributed by atoms with E-state index in [1.54, 1.807) is 12.3 Å². The lowest BCUT2D eigenvalue weighted by Gasteiger charge is -2.28. The molecule has 1 heterocycles. The summed E-state index contributed by atoms with van der Waals surface area (Å²) in [5, 5.41) is 53.1. The Morgan fingerprint density at radius 1 is 1.04 bits per heavy atom. The first-order valence-corrected chi connectivity index (χ1v) is 19.1. The maximum Gasteiger partial charge on any atom is 0.315 e. The number of carbonyl (C=O) groups is 1. The van der Waals surface area contributed by atoms with Crippen LogP contribution in [0.25, 0.3) is 11.1 Å². The van der Waals surface area contributed by atoms with Crippen molar-refractivity contribution in [3.8, 4) is 16.9 Å². The van der Waals surface area contributed by atoms with Crippen LogP contribution in [-0.2, 0) is 27.0 Å². The number of para-hydroxylation sites is 1. The number of aliphatic hydroxyl groups is 5. The van der Waals surface area contributed by atoms with E-state index >= 15 is 0 Å². The van der Waals surface area contributed by atoms with E-state index < -0.39 is 59.2 Å². The number of urea groups is 1. The number of amides is 2. The number of hydrogen-bond acceptors (Lipinski definition) is 11. The van der Waals surface area contributed by atoms with Crippen molar-refractivity contribution < 1.29 is 48.2 Å². The van der Waals surface area contributed by atoms with Gasteiger partial charge in [0.05, 0.1) is 42.5 Å². The first-order chi connectivity index (χ1) is 24.9. The zero-order valence-corrected chi connectivity index (χ0v) is 30.5. The molecule has 0 spiro atoms. The molecule has 2 saturated carbocycles. The molecule has 0 radical (unpaired) electrons. The van der Waals surface area contributed by atoms with Crippen LogP contribution in [0.1, 0.15) is 49.7 Å². The van der Waals surface area contributed by atoms with Gasteiger partial charge in [0.2, 0.25) is 10.0 Å². The van der Waals surface area contributed by atoms with Crippen LogP contribution in [0, 0.1) is 0 Å². The van der Waals surface area contributed by atoms with Gasteiger partial charge in [-0.05, 0) is 80.0 Å². The molecule has 0 saturated heterocycles. The van der Waals surface area contributed by atoms with Crippen molar-refractivity contribution in [3.63, 3.8) is 0 Å². The Morgan fingerprint density at radius 2 is 1.79 bits per heavy atom. The Kier molecular flexibility index (Phi) is 13.5. The Hall–Kier alpha value is -3.38. The van der Waals surface area contributed by atoms with E-state index in [4.69, 9.17) is 26.2 Å². The van der Waals surface area contributed by atoms with E-state index in [9.17, 15) is 33.6 Å². The summed E-state index contributed by atoms with van der Waals surface area (Å²) in [5.41, 5.74) is 2.82. The third-order valence-corrected chi connectivity index (χ3v) is 11.5. The molecule has 2 aliphatic rings. The molecule has 3 aromatic rings. The maximum atomic E-state index is 13.5. The normalized spacial score (nSPS) is 17.6. The van der Waals surface area contributed by atoms with Crippen LogP contribution in [0.15, 0.2) is 65.8 Å². The maximum absolute atomic E-state index is 13.5. The van der Waals surface area contributed by atoms with Crippen LogP contribution < -0.4 is 15.4 Å². The molecule has 0 bridgehead atoms. The van der Waals surface area contributed by atoms with Gasteiger partial charge in [0.25, 0.3) is 0 Å². The molecule has 2 aliphatic carbocycles. The fourth-order valence-corrected chi connectivity index (χ4v) is 7.22. The van der Waals surface area contributed by atoms with Crippen molar-refractivity contribution >= 4 is 27.7 Å². The fourth-order valence-electron chi connectivity index (χ4n) is 5.79. The average Bonchev–Trinajstić information content (AvgIpc) is 4.10. The summed E-state index contributed by atoms with van der Waals surface area (Å²) in [6, 6.07) is 12.4. The number of halogens is 1. The lowest BCUT2D eigenvalue weighted by atomic mass is 9.96. The van der Waals surface area contributed by atoms with E-state index in [0.717, 1.165) is 48.1 Å². The number of benzene rings is 2. The smallest absolute Gasteiger partial charge is 0.315 e. The highest BCUT2D eigenvalue weighted by molar-refractivity contribution is 7.89. The highest BCUT2D eigenvalue weighted by Crippen LogP contribution is 2.53. The minimum Gasteiger partial charge on any atom is -0.490 e. The number of carbonyl (C=O) groups excluding carboxylic acids is 1. The average molecular weight is 763 g/mol. The Bertz CT molecular complexity index is 1780. The molecule has 4 atom stereocenters. The van der Waals surface area contributed by atoms with E-state index in [0.29, 0.717) is 23.4 Å². The molecule has 7 N–H and O–H groups in total. The predicted octanol–water partition coefficient (Wildman–Crippen LogP) is 2.28. The fraction of sp³-hybridized carbons (Fsp3) is 0.500. The molecule has 2 fully saturated rings. The van der Waals surface area contributed by atoms with Crippen LogP contribution in [0.3, 0.4) is 0 Å². The zero-order valence-electron chi connectivity index (χ0n) is 28.9. The van der Waals surface area contributed by atoms with Gasteiger partial charge in [0.15, 0.2) is 0 Å². The number of pyridine rings is 1. The predicted molar refractivity (Wildman–Crippen MR) is 192 cm³/mol. The summed E-state index contributed by atoms with van der Waals surface area (Å²) >= 11 is 6.54. The van der Waals surface area contributed by atoms with E-state index in [1.807, 2.05) is 36.5 Å². The summed E-state index contributed by atoms with van der Waals surface area (Å²) in [7, 11) is -2.43. The summed E-state index contributed by atoms with van der Waals surface area (Å²) in [5.74, 6) is 0.821. The van der Waals surface area contributed by atoms with E-state index in [-0.39, 0.29) is 30.7 Å². The summed E-state index contributed by atoms with van der Waals surface area (Å²) in [4.78, 5) is 16.7. The standard InChI is InChI=1S/C36H47ClN4O10S/c1-41(17-5-4-15-39-35(47)40-30(20-42)33(45)34(46)31(44)21-43)52(48,49)25-10-11-29(37)23(18-25)22-50-36(13-14-36)28-19-38-16-12-26(28)27-6-2-3-7-32(27)51-24-8-9-24/h2-3,6-7,10-12,16,18-19,24,30-31,33-34,42-46H,4-5,8-9,13-15,17,20-22H2,1H3,(H2,39,40,47)/t30?,31-,33-,34-/m1/s1. The van der Waals surface area contributed by atoms with Crippen LogP contribution in [-0.4, -0.2) is 113 Å². The molecule has 14 nitrogen and oxygen atoms in total. The lowest BCUT2D eigenvalue weighted by Crippen LogP contribution is -2.56. The molecule has 284 valence electrons. The number of rotatable bonds is 20. The van der Waals surface area contributed by atoms with Crippen molar-refractivity contribution in [2.24, 2.45) is 0 Å². The van der Waals surface area contributed by atoms with Crippen molar-refractivity contribution in [3.05, 3.63) is 77.1 Å². The van der Waals surface area contributed by atoms with Crippen LogP contribution in [0.4, 0.5) is 4.79 Å². The molecule has 2 amide bonds. The van der Waals surface area contributed by atoms with Gasteiger partial charge >= 0.3 is 6.03 Å². The quantitative estimate of drug-likeness (QED) is 0.0831. The largest absolute Gasteiger partial charge is 0.490 e. The molecule has 52 heavy (non-hydrogen) atoms. The van der Waals surface area contributed by atoms with Gasteiger partial charge in [-0.2, -0.15) is 0 Å². The van der Waals surface area contributed by atoms with Crippen molar-refractivity contribution in [2.45, 2.75) is 86.1 Å². The van der Waals surface area contributed by atoms with Gasteiger partial charge in [-0.15, -0.1) is 0 Å². The Morgan fingerprint density at radius 3 is 2.48 bits per heavy atom. The van der Waals surface area contributed by atoms with E-state index in [2.05, 4.69) is 15.6 Å². The lowest BCUT2D eigenvalue weighted by molar-refractivity contribution is -0.0902.